The van der Waals surface area contributed by atoms with Gasteiger partial charge in [0, 0.05) is 5.56 Å². The van der Waals surface area contributed by atoms with Gasteiger partial charge in [0.1, 0.15) is 5.82 Å². The minimum Gasteiger partial charge on any atom is -0.319 e. The van der Waals surface area contributed by atoms with Gasteiger partial charge in [0.15, 0.2) is 0 Å². The van der Waals surface area contributed by atoms with E-state index in [0.717, 1.165) is 16.3 Å². The van der Waals surface area contributed by atoms with Crippen molar-refractivity contribution in [3.05, 3.63) is 77.6 Å². The Hall–Kier alpha value is -2.68. The smallest absolute Gasteiger partial charge is 0.255 e. The van der Waals surface area contributed by atoms with Gasteiger partial charge >= 0.3 is 0 Å². The van der Waals surface area contributed by atoms with Crippen LogP contribution in [0.25, 0.3) is 10.8 Å². The number of halogens is 1. The van der Waals surface area contributed by atoms with Crippen LogP contribution in [0.5, 0.6) is 0 Å². The van der Waals surface area contributed by atoms with E-state index in [-0.39, 0.29) is 11.6 Å². The second-order valence-corrected chi connectivity index (χ2v) is 5.00. The number of hydrogen-bond acceptors (Lipinski definition) is 1. The highest BCUT2D eigenvalue weighted by Crippen LogP contribution is 2.19. The van der Waals surface area contributed by atoms with E-state index in [1.165, 1.54) is 6.07 Å². The van der Waals surface area contributed by atoms with Crippen molar-refractivity contribution in [1.29, 1.82) is 0 Å². The van der Waals surface area contributed by atoms with Crippen LogP contribution in [-0.2, 0) is 0 Å². The molecule has 0 fully saturated rings. The van der Waals surface area contributed by atoms with E-state index in [0.29, 0.717) is 5.56 Å². The minimum atomic E-state index is -0.435. The lowest BCUT2D eigenvalue weighted by atomic mass is 10.1. The van der Waals surface area contributed by atoms with E-state index < -0.39 is 5.82 Å². The van der Waals surface area contributed by atoms with Crippen LogP contribution >= 0.6 is 0 Å². The molecule has 0 radical (unpaired) electrons. The second-order valence-electron chi connectivity index (χ2n) is 5.00. The molecular formula is C18H14FNO. The highest BCUT2D eigenvalue weighted by Gasteiger charge is 2.10. The van der Waals surface area contributed by atoms with Crippen molar-refractivity contribution in [2.75, 3.05) is 5.32 Å². The molecule has 0 aliphatic carbocycles. The van der Waals surface area contributed by atoms with Gasteiger partial charge in [0.2, 0.25) is 0 Å². The lowest BCUT2D eigenvalue weighted by Gasteiger charge is -2.08. The summed E-state index contributed by atoms with van der Waals surface area (Å²) in [6.07, 6.45) is 0. The second kappa shape index (κ2) is 5.37. The van der Waals surface area contributed by atoms with E-state index in [9.17, 15) is 9.18 Å². The third-order valence-electron chi connectivity index (χ3n) is 3.38. The maximum Gasteiger partial charge on any atom is 0.255 e. The lowest BCUT2D eigenvalue weighted by Crippen LogP contribution is -2.13. The van der Waals surface area contributed by atoms with Gasteiger partial charge in [-0.3, -0.25) is 4.79 Å². The molecule has 0 aromatic heterocycles. The van der Waals surface area contributed by atoms with Gasteiger partial charge in [-0.25, -0.2) is 4.39 Å². The molecule has 3 rings (SSSR count). The number of benzene rings is 3. The number of carbonyl (C=O) groups excluding carboxylic acids is 1. The number of hydrogen-bond donors (Lipinski definition) is 1. The number of amides is 1. The Labute approximate surface area is 122 Å². The molecule has 1 N–H and O–H groups in total. The van der Waals surface area contributed by atoms with Crippen LogP contribution in [0.15, 0.2) is 60.7 Å². The molecule has 0 atom stereocenters. The molecule has 0 heterocycles. The zero-order valence-electron chi connectivity index (χ0n) is 11.6. The fraction of sp³-hybridized carbons (Fsp3) is 0.0556. The number of nitrogens with one attached hydrogen (secondary N) is 1. The quantitative estimate of drug-likeness (QED) is 0.733. The van der Waals surface area contributed by atoms with Gasteiger partial charge in [-0.2, -0.15) is 0 Å². The van der Waals surface area contributed by atoms with E-state index in [2.05, 4.69) is 5.32 Å². The maximum atomic E-state index is 13.7. The van der Waals surface area contributed by atoms with E-state index in [4.69, 9.17) is 0 Å². The highest BCUT2D eigenvalue weighted by atomic mass is 19.1. The predicted molar refractivity (Wildman–Crippen MR) is 83.0 cm³/mol. The van der Waals surface area contributed by atoms with Crippen LogP contribution in [0, 0.1) is 12.7 Å². The van der Waals surface area contributed by atoms with Crippen molar-refractivity contribution in [3.8, 4) is 0 Å². The summed E-state index contributed by atoms with van der Waals surface area (Å²) in [7, 11) is 0. The third kappa shape index (κ3) is 2.77. The third-order valence-corrected chi connectivity index (χ3v) is 3.38. The van der Waals surface area contributed by atoms with E-state index in [1.807, 2.05) is 37.3 Å². The fourth-order valence-electron chi connectivity index (χ4n) is 2.26. The van der Waals surface area contributed by atoms with Gasteiger partial charge in [-0.05, 0) is 47.5 Å². The first-order valence-corrected chi connectivity index (χ1v) is 6.70. The molecule has 0 bridgehead atoms. The fourth-order valence-corrected chi connectivity index (χ4v) is 2.26. The highest BCUT2D eigenvalue weighted by molar-refractivity contribution is 6.06. The van der Waals surface area contributed by atoms with E-state index in [1.54, 1.807) is 24.3 Å². The van der Waals surface area contributed by atoms with Crippen LogP contribution in [0.2, 0.25) is 0 Å². The van der Waals surface area contributed by atoms with Crippen molar-refractivity contribution in [2.24, 2.45) is 0 Å². The Balaban J connectivity index is 1.91. The Bertz CT molecular complexity index is 826. The average Bonchev–Trinajstić information content (AvgIpc) is 2.50. The summed E-state index contributed by atoms with van der Waals surface area (Å²) in [5.41, 5.74) is 1.60. The molecular weight excluding hydrogens is 265 g/mol. The number of aryl methyl sites for hydroxylation is 1. The standard InChI is InChI=1S/C18H14FNO/c1-12-6-9-16(19)17(10-12)20-18(21)15-8-7-13-4-2-3-5-14(13)11-15/h2-11H,1H3,(H,20,21). The molecule has 21 heavy (non-hydrogen) atoms. The average molecular weight is 279 g/mol. The van der Waals surface area contributed by atoms with Gasteiger partial charge < -0.3 is 5.32 Å². The molecule has 2 nitrogen and oxygen atoms in total. The van der Waals surface area contributed by atoms with Crippen molar-refractivity contribution in [1.82, 2.24) is 0 Å². The predicted octanol–water partition coefficient (Wildman–Crippen LogP) is 4.54. The molecule has 0 unspecified atom stereocenters. The molecule has 0 aliphatic rings. The molecule has 1 amide bonds. The van der Waals surface area contributed by atoms with Gasteiger partial charge in [0.25, 0.3) is 5.91 Å². The number of rotatable bonds is 2. The number of fused-ring (bicyclic) bond motifs is 1. The molecule has 3 aromatic rings. The zero-order chi connectivity index (χ0) is 14.8. The van der Waals surface area contributed by atoms with Crippen molar-refractivity contribution in [2.45, 2.75) is 6.92 Å². The summed E-state index contributed by atoms with van der Waals surface area (Å²) in [4.78, 5) is 12.2. The minimum absolute atomic E-state index is 0.202. The Morgan fingerprint density at radius 2 is 1.71 bits per heavy atom. The van der Waals surface area contributed by atoms with Gasteiger partial charge in [-0.1, -0.05) is 36.4 Å². The van der Waals surface area contributed by atoms with Gasteiger partial charge in [0.05, 0.1) is 5.69 Å². The maximum absolute atomic E-state index is 13.7. The molecule has 0 aliphatic heterocycles. The molecule has 0 spiro atoms. The first kappa shape index (κ1) is 13.3. The lowest BCUT2D eigenvalue weighted by molar-refractivity contribution is 0.102. The molecule has 0 saturated carbocycles. The first-order chi connectivity index (χ1) is 10.1. The molecule has 0 saturated heterocycles. The molecule has 104 valence electrons. The topological polar surface area (TPSA) is 29.1 Å². The Morgan fingerprint density at radius 3 is 2.52 bits per heavy atom. The van der Waals surface area contributed by atoms with Crippen molar-refractivity contribution in [3.63, 3.8) is 0 Å². The summed E-state index contributed by atoms with van der Waals surface area (Å²) < 4.78 is 13.7. The first-order valence-electron chi connectivity index (χ1n) is 6.70. The zero-order valence-corrected chi connectivity index (χ0v) is 11.6. The summed E-state index contributed by atoms with van der Waals surface area (Å²) in [6, 6.07) is 17.9. The van der Waals surface area contributed by atoms with Crippen LogP contribution in [0.4, 0.5) is 10.1 Å². The van der Waals surface area contributed by atoms with E-state index >= 15 is 0 Å². The molecule has 3 heteroatoms. The van der Waals surface area contributed by atoms with Gasteiger partial charge in [-0.15, -0.1) is 0 Å². The van der Waals surface area contributed by atoms with Crippen LogP contribution in [0.3, 0.4) is 0 Å². The monoisotopic (exact) mass is 279 g/mol. The normalized spacial score (nSPS) is 10.6. The number of anilines is 1. The largest absolute Gasteiger partial charge is 0.319 e. The summed E-state index contributed by atoms with van der Waals surface area (Å²) >= 11 is 0. The van der Waals surface area contributed by atoms with Crippen molar-refractivity contribution >= 4 is 22.4 Å². The summed E-state index contributed by atoms with van der Waals surface area (Å²) in [5.74, 6) is -0.750. The van der Waals surface area contributed by atoms with Crippen LogP contribution < -0.4 is 5.32 Å². The summed E-state index contributed by atoms with van der Waals surface area (Å²) in [6.45, 7) is 1.85. The van der Waals surface area contributed by atoms with Crippen LogP contribution in [-0.4, -0.2) is 5.91 Å². The SMILES string of the molecule is Cc1ccc(F)c(NC(=O)c2ccc3ccccc3c2)c1. The van der Waals surface area contributed by atoms with Crippen molar-refractivity contribution < 1.29 is 9.18 Å². The molecule has 3 aromatic carbocycles. The Kier molecular flexibility index (Phi) is 3.40. The van der Waals surface area contributed by atoms with Crippen LogP contribution in [0.1, 0.15) is 15.9 Å². The number of carbonyl (C=O) groups is 1. The summed E-state index contributed by atoms with van der Waals surface area (Å²) in [5, 5.41) is 4.66. The Morgan fingerprint density at radius 1 is 0.952 bits per heavy atom.